The van der Waals surface area contributed by atoms with Gasteiger partial charge in [0.05, 0.1) is 0 Å². The van der Waals surface area contributed by atoms with Gasteiger partial charge in [-0.25, -0.2) is 0 Å². The number of hydrogen-bond acceptors (Lipinski definition) is 1. The van der Waals surface area contributed by atoms with Gasteiger partial charge in [0.15, 0.2) is 0 Å². The van der Waals surface area contributed by atoms with Crippen molar-refractivity contribution in [3.05, 3.63) is 64.2 Å². The van der Waals surface area contributed by atoms with Gasteiger partial charge >= 0.3 is 0 Å². The normalized spacial score (nSPS) is 10.4. The molecule has 104 valence electrons. The van der Waals surface area contributed by atoms with Gasteiger partial charge in [0.2, 0.25) is 0 Å². The van der Waals surface area contributed by atoms with Crippen molar-refractivity contribution in [2.45, 2.75) is 27.7 Å². The van der Waals surface area contributed by atoms with Gasteiger partial charge in [0.1, 0.15) is 0 Å². The molecule has 0 bridgehead atoms. The molecule has 0 atom stereocenters. The van der Waals surface area contributed by atoms with Crippen LogP contribution in [0.1, 0.15) is 32.6 Å². The van der Waals surface area contributed by atoms with Crippen LogP contribution in [0.25, 0.3) is 0 Å². The first-order chi connectivity index (χ1) is 9.43. The molecule has 2 rings (SSSR count). The fraction of sp³-hybridized carbons (Fsp3) is 0.278. The van der Waals surface area contributed by atoms with Crippen molar-refractivity contribution in [2.24, 2.45) is 0 Å². The van der Waals surface area contributed by atoms with Crippen LogP contribution in [0.15, 0.2) is 36.4 Å². The van der Waals surface area contributed by atoms with Crippen LogP contribution in [-0.2, 0) is 0 Å². The van der Waals surface area contributed by atoms with Crippen molar-refractivity contribution >= 4 is 11.6 Å². The molecular formula is C18H21NO. The molecule has 0 aliphatic carbocycles. The molecular weight excluding hydrogens is 246 g/mol. The van der Waals surface area contributed by atoms with Gasteiger partial charge in [0.25, 0.3) is 5.91 Å². The molecule has 20 heavy (non-hydrogen) atoms. The molecule has 0 saturated heterocycles. The predicted octanol–water partition coefficient (Wildman–Crippen LogP) is 4.20. The second-order valence-corrected chi connectivity index (χ2v) is 5.37. The third kappa shape index (κ3) is 2.46. The van der Waals surface area contributed by atoms with Crippen molar-refractivity contribution in [2.75, 3.05) is 11.9 Å². The maximum atomic E-state index is 12.8. The Hall–Kier alpha value is -2.09. The molecule has 0 saturated carbocycles. The minimum Gasteiger partial charge on any atom is -0.311 e. The lowest BCUT2D eigenvalue weighted by atomic mass is 10.0. The van der Waals surface area contributed by atoms with E-state index in [-0.39, 0.29) is 5.91 Å². The number of carbonyl (C=O) groups excluding carboxylic acids is 1. The van der Waals surface area contributed by atoms with E-state index in [0.717, 1.165) is 33.5 Å². The minimum absolute atomic E-state index is 0.0537. The maximum absolute atomic E-state index is 12.8. The van der Waals surface area contributed by atoms with Crippen LogP contribution in [0.3, 0.4) is 0 Å². The number of nitrogens with zero attached hydrogens (tertiary/aromatic N) is 1. The van der Waals surface area contributed by atoms with E-state index in [1.165, 1.54) is 0 Å². The van der Waals surface area contributed by atoms with Crippen molar-refractivity contribution in [1.82, 2.24) is 0 Å². The number of carbonyl (C=O) groups is 1. The first kappa shape index (κ1) is 14.3. The van der Waals surface area contributed by atoms with Crippen molar-refractivity contribution in [1.29, 1.82) is 0 Å². The number of para-hydroxylation sites is 1. The second-order valence-electron chi connectivity index (χ2n) is 5.37. The van der Waals surface area contributed by atoms with E-state index in [9.17, 15) is 4.79 Å². The summed E-state index contributed by atoms with van der Waals surface area (Å²) in [6.07, 6.45) is 0. The highest BCUT2D eigenvalue weighted by molar-refractivity contribution is 6.08. The average Bonchev–Trinajstić information content (AvgIpc) is 2.37. The summed E-state index contributed by atoms with van der Waals surface area (Å²) >= 11 is 0. The summed E-state index contributed by atoms with van der Waals surface area (Å²) in [4.78, 5) is 14.6. The SMILES string of the molecule is Cc1cccc(C)c1C(=O)N(C)c1c(C)cccc1C. The Morgan fingerprint density at radius 2 is 1.20 bits per heavy atom. The second kappa shape index (κ2) is 5.49. The third-order valence-corrected chi connectivity index (χ3v) is 3.77. The molecule has 2 nitrogen and oxygen atoms in total. The molecule has 0 spiro atoms. The predicted molar refractivity (Wildman–Crippen MR) is 84.6 cm³/mol. The molecule has 0 heterocycles. The summed E-state index contributed by atoms with van der Waals surface area (Å²) in [5.41, 5.74) is 6.08. The Kier molecular flexibility index (Phi) is 3.93. The van der Waals surface area contributed by atoms with Gasteiger partial charge < -0.3 is 4.90 Å². The van der Waals surface area contributed by atoms with E-state index in [0.29, 0.717) is 0 Å². The third-order valence-electron chi connectivity index (χ3n) is 3.77. The highest BCUT2D eigenvalue weighted by atomic mass is 16.2. The molecule has 1 amide bonds. The van der Waals surface area contributed by atoms with Gasteiger partial charge in [-0.3, -0.25) is 4.79 Å². The van der Waals surface area contributed by atoms with Crippen LogP contribution >= 0.6 is 0 Å². The summed E-state index contributed by atoms with van der Waals surface area (Å²) in [6, 6.07) is 12.1. The van der Waals surface area contributed by atoms with Crippen LogP contribution in [0, 0.1) is 27.7 Å². The van der Waals surface area contributed by atoms with Crippen molar-refractivity contribution < 1.29 is 4.79 Å². The van der Waals surface area contributed by atoms with E-state index < -0.39 is 0 Å². The lowest BCUT2D eigenvalue weighted by molar-refractivity contribution is 0.0991. The monoisotopic (exact) mass is 267 g/mol. The quantitative estimate of drug-likeness (QED) is 0.798. The van der Waals surface area contributed by atoms with E-state index in [4.69, 9.17) is 0 Å². The maximum Gasteiger partial charge on any atom is 0.258 e. The smallest absolute Gasteiger partial charge is 0.258 e. The zero-order valence-electron chi connectivity index (χ0n) is 12.8. The molecule has 0 aliphatic heterocycles. The lowest BCUT2D eigenvalue weighted by Crippen LogP contribution is -2.29. The van der Waals surface area contributed by atoms with Crippen LogP contribution in [0.4, 0.5) is 5.69 Å². The Morgan fingerprint density at radius 3 is 1.65 bits per heavy atom. The number of aryl methyl sites for hydroxylation is 4. The number of hydrogen-bond donors (Lipinski definition) is 0. The summed E-state index contributed by atoms with van der Waals surface area (Å²) in [6.45, 7) is 8.05. The Balaban J connectivity index is 2.49. The zero-order chi connectivity index (χ0) is 14.9. The fourth-order valence-electron chi connectivity index (χ4n) is 2.76. The van der Waals surface area contributed by atoms with Crippen LogP contribution < -0.4 is 4.90 Å². The minimum atomic E-state index is 0.0537. The zero-order valence-corrected chi connectivity index (χ0v) is 12.8. The molecule has 0 N–H and O–H groups in total. The molecule has 0 unspecified atom stereocenters. The van der Waals surface area contributed by atoms with E-state index in [1.807, 2.05) is 71.1 Å². The molecule has 2 aromatic carbocycles. The van der Waals surface area contributed by atoms with E-state index in [2.05, 4.69) is 0 Å². The van der Waals surface area contributed by atoms with E-state index in [1.54, 1.807) is 4.90 Å². The van der Waals surface area contributed by atoms with Gasteiger partial charge in [-0.2, -0.15) is 0 Å². The molecule has 0 fully saturated rings. The molecule has 2 aromatic rings. The molecule has 0 aromatic heterocycles. The number of anilines is 1. The van der Waals surface area contributed by atoms with Gasteiger partial charge in [-0.05, 0) is 49.9 Å². The first-order valence-electron chi connectivity index (χ1n) is 6.84. The summed E-state index contributed by atoms with van der Waals surface area (Å²) in [7, 11) is 1.85. The van der Waals surface area contributed by atoms with Crippen molar-refractivity contribution in [3.63, 3.8) is 0 Å². The molecule has 2 heteroatoms. The lowest BCUT2D eigenvalue weighted by Gasteiger charge is -2.23. The van der Waals surface area contributed by atoms with Crippen LogP contribution in [-0.4, -0.2) is 13.0 Å². The van der Waals surface area contributed by atoms with Gasteiger partial charge in [0, 0.05) is 18.3 Å². The average molecular weight is 267 g/mol. The Morgan fingerprint density at radius 1 is 0.800 bits per heavy atom. The summed E-state index contributed by atoms with van der Waals surface area (Å²) in [5, 5.41) is 0. The Labute approximate surface area is 121 Å². The summed E-state index contributed by atoms with van der Waals surface area (Å²) in [5.74, 6) is 0.0537. The van der Waals surface area contributed by atoms with Crippen LogP contribution in [0.2, 0.25) is 0 Å². The largest absolute Gasteiger partial charge is 0.311 e. The number of benzene rings is 2. The number of rotatable bonds is 2. The van der Waals surface area contributed by atoms with Crippen molar-refractivity contribution in [3.8, 4) is 0 Å². The summed E-state index contributed by atoms with van der Waals surface area (Å²) < 4.78 is 0. The molecule has 0 aliphatic rings. The fourth-order valence-corrected chi connectivity index (χ4v) is 2.76. The Bertz CT molecular complexity index is 618. The highest BCUT2D eigenvalue weighted by Crippen LogP contribution is 2.26. The highest BCUT2D eigenvalue weighted by Gasteiger charge is 2.19. The molecule has 0 radical (unpaired) electrons. The van der Waals surface area contributed by atoms with Gasteiger partial charge in [-0.15, -0.1) is 0 Å². The van der Waals surface area contributed by atoms with Crippen LogP contribution in [0.5, 0.6) is 0 Å². The van der Waals surface area contributed by atoms with Gasteiger partial charge in [-0.1, -0.05) is 36.4 Å². The first-order valence-corrected chi connectivity index (χ1v) is 6.84. The van der Waals surface area contributed by atoms with E-state index >= 15 is 0 Å². The topological polar surface area (TPSA) is 20.3 Å². The standard InChI is InChI=1S/C18H21NO/c1-12-8-6-9-13(2)16(12)18(20)19(5)17-14(3)10-7-11-15(17)4/h6-11H,1-5H3. The number of amides is 1.